The number of aryl methyl sites for hydroxylation is 1. The number of hydrogen-bond acceptors (Lipinski definition) is 8. The summed E-state index contributed by atoms with van der Waals surface area (Å²) < 4.78 is 22.6. The van der Waals surface area contributed by atoms with Crippen molar-refractivity contribution >= 4 is 40.7 Å². The molecule has 2 saturated heterocycles. The molecule has 5 aromatic rings. The van der Waals surface area contributed by atoms with Crippen LogP contribution >= 0.6 is 23.2 Å². The van der Waals surface area contributed by atoms with Crippen molar-refractivity contribution in [2.75, 3.05) is 20.2 Å². The fourth-order valence-corrected chi connectivity index (χ4v) is 7.61. The Morgan fingerprint density at radius 1 is 0.830 bits per heavy atom. The van der Waals surface area contributed by atoms with Crippen molar-refractivity contribution < 1.29 is 18.7 Å². The van der Waals surface area contributed by atoms with E-state index in [-0.39, 0.29) is 47.4 Å². The molecule has 0 bridgehead atoms. The molecule has 7 rings (SSSR count). The number of hydrogen-bond donors (Lipinski definition) is 4. The van der Waals surface area contributed by atoms with Gasteiger partial charge < -0.3 is 26.0 Å². The average Bonchev–Trinajstić information content (AvgIpc) is 3.76. The van der Waals surface area contributed by atoms with E-state index < -0.39 is 5.82 Å². The van der Waals surface area contributed by atoms with E-state index in [0.717, 1.165) is 18.4 Å². The van der Waals surface area contributed by atoms with Crippen LogP contribution in [0.2, 0.25) is 10.0 Å². The maximum atomic E-state index is 15.6. The van der Waals surface area contributed by atoms with Crippen molar-refractivity contribution in [3.8, 4) is 39.4 Å². The van der Waals surface area contributed by atoms with Gasteiger partial charge in [-0.15, -0.1) is 0 Å². The summed E-state index contributed by atoms with van der Waals surface area (Å²) in [4.78, 5) is 45.9. The number of fused-ring (bicyclic) bond motifs is 1. The van der Waals surface area contributed by atoms with Gasteiger partial charge in [0.1, 0.15) is 11.5 Å². The van der Waals surface area contributed by atoms with Gasteiger partial charge in [-0.25, -0.2) is 14.4 Å². The van der Waals surface area contributed by atoms with Gasteiger partial charge >= 0.3 is 0 Å². The highest BCUT2D eigenvalue weighted by atomic mass is 35.5. The summed E-state index contributed by atoms with van der Waals surface area (Å²) >= 11 is 14.1. The van der Waals surface area contributed by atoms with Crippen LogP contribution in [0.4, 0.5) is 4.39 Å². The van der Waals surface area contributed by atoms with Gasteiger partial charge in [0, 0.05) is 91.3 Å². The number of halogens is 3. The molecule has 0 saturated carbocycles. The minimum atomic E-state index is -0.502. The molecule has 274 valence electrons. The lowest BCUT2D eigenvalue weighted by Crippen LogP contribution is -2.36. The predicted octanol–water partition coefficient (Wildman–Crippen LogP) is 5.59. The first kappa shape index (κ1) is 36.5. The van der Waals surface area contributed by atoms with Crippen molar-refractivity contribution in [3.05, 3.63) is 104 Å². The highest BCUT2D eigenvalue weighted by Crippen LogP contribution is 2.42. The second-order valence-electron chi connectivity index (χ2n) is 13.3. The average molecular weight is 759 g/mol. The largest absolute Gasteiger partial charge is 0.481 e. The van der Waals surface area contributed by atoms with Gasteiger partial charge in [-0.1, -0.05) is 59.6 Å². The molecule has 11 nitrogen and oxygen atoms in total. The van der Waals surface area contributed by atoms with Gasteiger partial charge in [-0.3, -0.25) is 18.8 Å². The quantitative estimate of drug-likeness (QED) is 0.129. The van der Waals surface area contributed by atoms with Crippen molar-refractivity contribution in [3.63, 3.8) is 0 Å². The lowest BCUT2D eigenvalue weighted by Gasteiger charge is -2.16. The highest BCUT2D eigenvalue weighted by molar-refractivity contribution is 6.39. The molecule has 5 heterocycles. The monoisotopic (exact) mass is 757 g/mol. The Bertz CT molecular complexity index is 2300. The fourth-order valence-electron chi connectivity index (χ4n) is 6.95. The summed E-state index contributed by atoms with van der Waals surface area (Å²) in [6.45, 7) is 3.39. The molecule has 0 unspecified atom stereocenters. The van der Waals surface area contributed by atoms with Crippen molar-refractivity contribution in [1.82, 2.24) is 35.6 Å². The standard InChI is InChI=1S/C39H38Cl2FN7O4/c1-21-29(19-43-17-23-9-11-34(50)46-23)39(52)49-14-13-22(15-33(49)45-21)25-5-3-6-26(36(25)40)27-7-4-8-28(37(27)41)32-16-31(42)30(38(48-32)53-2)20-44-18-24-10-12-35(51)47-24/h3-8,13-16,23-24,43-44H,9-12,17-20H2,1-2H3,(H,46,50)(H,47,51)/t23-,24+/m1/s1. The molecule has 0 aliphatic carbocycles. The van der Waals surface area contributed by atoms with Crippen LogP contribution in [0.15, 0.2) is 65.6 Å². The third kappa shape index (κ3) is 7.63. The van der Waals surface area contributed by atoms with E-state index in [4.69, 9.17) is 32.9 Å². The molecule has 2 aliphatic heterocycles. The second-order valence-corrected chi connectivity index (χ2v) is 14.1. The number of nitrogens with one attached hydrogen (secondary N) is 4. The Morgan fingerprint density at radius 2 is 1.42 bits per heavy atom. The minimum absolute atomic E-state index is 0.00315. The van der Waals surface area contributed by atoms with E-state index in [0.29, 0.717) is 87.4 Å². The number of methoxy groups -OCH3 is 1. The topological polar surface area (TPSA) is 139 Å². The van der Waals surface area contributed by atoms with Crippen molar-refractivity contribution in [2.24, 2.45) is 0 Å². The maximum absolute atomic E-state index is 15.6. The van der Waals surface area contributed by atoms with Crippen LogP contribution in [-0.4, -0.2) is 58.5 Å². The number of amides is 2. The Labute approximate surface area is 315 Å². The van der Waals surface area contributed by atoms with Gasteiger partial charge in [-0.05, 0) is 37.5 Å². The first-order valence-corrected chi connectivity index (χ1v) is 18.2. The maximum Gasteiger partial charge on any atom is 0.262 e. The molecule has 2 atom stereocenters. The van der Waals surface area contributed by atoms with E-state index in [1.54, 1.807) is 12.3 Å². The molecule has 2 amide bonds. The number of nitrogens with zero attached hydrogens (tertiary/aromatic N) is 3. The van der Waals surface area contributed by atoms with Crippen molar-refractivity contribution in [2.45, 2.75) is 57.8 Å². The zero-order valence-electron chi connectivity index (χ0n) is 29.2. The fraction of sp³-hybridized carbons (Fsp3) is 0.308. The lowest BCUT2D eigenvalue weighted by molar-refractivity contribution is -0.120. The lowest BCUT2D eigenvalue weighted by atomic mass is 9.97. The summed E-state index contributed by atoms with van der Waals surface area (Å²) in [6.07, 6.45) is 4.20. The molecule has 2 fully saturated rings. The van der Waals surface area contributed by atoms with Gasteiger partial charge in [0.15, 0.2) is 0 Å². The first-order chi connectivity index (χ1) is 25.6. The van der Waals surface area contributed by atoms with E-state index in [9.17, 15) is 14.4 Å². The van der Waals surface area contributed by atoms with E-state index in [2.05, 4.69) is 26.3 Å². The number of rotatable bonds is 12. The van der Waals surface area contributed by atoms with Crippen LogP contribution < -0.4 is 31.6 Å². The Morgan fingerprint density at radius 3 is 2.02 bits per heavy atom. The molecule has 0 spiro atoms. The van der Waals surface area contributed by atoms with Crippen LogP contribution in [-0.2, 0) is 22.7 Å². The number of carbonyl (C=O) groups excluding carboxylic acids is 2. The third-order valence-corrected chi connectivity index (χ3v) is 10.6. The zero-order valence-corrected chi connectivity index (χ0v) is 30.7. The Balaban J connectivity index is 1.14. The number of ether oxygens (including phenoxy) is 1. The van der Waals surface area contributed by atoms with Crippen LogP contribution in [0.5, 0.6) is 5.88 Å². The molecule has 3 aromatic heterocycles. The first-order valence-electron chi connectivity index (χ1n) is 17.4. The molecule has 0 radical (unpaired) electrons. The Hall–Kier alpha value is -4.88. The molecular weight excluding hydrogens is 720 g/mol. The number of carbonyl (C=O) groups is 2. The van der Waals surface area contributed by atoms with E-state index in [1.807, 2.05) is 49.4 Å². The van der Waals surface area contributed by atoms with Crippen LogP contribution in [0.25, 0.3) is 39.2 Å². The van der Waals surface area contributed by atoms with E-state index in [1.165, 1.54) is 17.6 Å². The molecule has 14 heteroatoms. The van der Waals surface area contributed by atoms with Crippen LogP contribution in [0.3, 0.4) is 0 Å². The minimum Gasteiger partial charge on any atom is -0.481 e. The van der Waals surface area contributed by atoms with Gasteiger partial charge in [0.2, 0.25) is 17.7 Å². The van der Waals surface area contributed by atoms with E-state index >= 15 is 4.39 Å². The van der Waals surface area contributed by atoms with Gasteiger partial charge in [0.05, 0.1) is 34.0 Å². The molecular formula is C39H38Cl2FN7O4. The molecule has 53 heavy (non-hydrogen) atoms. The third-order valence-electron chi connectivity index (χ3n) is 9.79. The smallest absolute Gasteiger partial charge is 0.262 e. The van der Waals surface area contributed by atoms with Crippen molar-refractivity contribution in [1.29, 1.82) is 0 Å². The zero-order chi connectivity index (χ0) is 37.2. The molecule has 4 N–H and O–H groups in total. The summed E-state index contributed by atoms with van der Waals surface area (Å²) in [7, 11) is 1.44. The van der Waals surface area contributed by atoms with Crippen LogP contribution in [0.1, 0.15) is 42.5 Å². The number of benzene rings is 2. The van der Waals surface area contributed by atoms with Crippen LogP contribution in [0, 0.1) is 12.7 Å². The molecule has 2 aromatic carbocycles. The summed E-state index contributed by atoms with van der Waals surface area (Å²) in [5.41, 5.74) is 5.30. The molecule has 2 aliphatic rings. The second kappa shape index (κ2) is 15.6. The van der Waals surface area contributed by atoms with Gasteiger partial charge in [0.25, 0.3) is 5.56 Å². The van der Waals surface area contributed by atoms with Gasteiger partial charge in [-0.2, -0.15) is 0 Å². The highest BCUT2D eigenvalue weighted by Gasteiger charge is 2.23. The summed E-state index contributed by atoms with van der Waals surface area (Å²) in [6, 6.07) is 16.1. The summed E-state index contributed by atoms with van der Waals surface area (Å²) in [5.74, 6) is -0.303. The Kier molecular flexibility index (Phi) is 10.7. The predicted molar refractivity (Wildman–Crippen MR) is 203 cm³/mol. The summed E-state index contributed by atoms with van der Waals surface area (Å²) in [5, 5.41) is 13.1. The normalized spacial score (nSPS) is 17.0. The number of aromatic nitrogens is 3. The SMILES string of the molecule is COc1nc(-c2cccc(-c3cccc(-c4ccn5c(=O)c(CNC[C@H]6CCC(=O)N6)c(C)nc5c4)c3Cl)c2Cl)cc(F)c1CNC[C@@H]1CCC(=O)N1. The number of pyridine rings is 2.